The van der Waals surface area contributed by atoms with Crippen LogP contribution in [0.2, 0.25) is 0 Å². The second-order valence-corrected chi connectivity index (χ2v) is 4.42. The average molecular weight is 205 g/mol. The molecule has 2 N–H and O–H groups in total. The van der Waals surface area contributed by atoms with E-state index < -0.39 is 12.3 Å². The zero-order valence-corrected chi connectivity index (χ0v) is 8.72. The van der Waals surface area contributed by atoms with Crippen molar-refractivity contribution in [3.05, 3.63) is 0 Å². The van der Waals surface area contributed by atoms with E-state index >= 15 is 0 Å². The molecule has 0 amide bonds. The Balaban J connectivity index is 2.32. The molecule has 1 nitrogen and oxygen atoms in total. The molecule has 0 radical (unpaired) electrons. The third-order valence-corrected chi connectivity index (χ3v) is 3.27. The maximum absolute atomic E-state index is 12.5. The molecule has 1 unspecified atom stereocenters. The van der Waals surface area contributed by atoms with Crippen molar-refractivity contribution in [3.8, 4) is 0 Å². The minimum absolute atomic E-state index is 0.133. The van der Waals surface area contributed by atoms with E-state index in [1.807, 2.05) is 0 Å². The lowest BCUT2D eigenvalue weighted by molar-refractivity contribution is 0.0655. The molecule has 0 aromatic rings. The number of hydrogen-bond donors (Lipinski definition) is 1. The zero-order valence-electron chi connectivity index (χ0n) is 8.72. The van der Waals surface area contributed by atoms with Crippen LogP contribution in [0.4, 0.5) is 8.78 Å². The van der Waals surface area contributed by atoms with Crippen LogP contribution in [0.15, 0.2) is 0 Å². The number of hydrogen-bond acceptors (Lipinski definition) is 1. The number of rotatable bonds is 4. The second-order valence-electron chi connectivity index (χ2n) is 4.42. The normalized spacial score (nSPS) is 22.3. The van der Waals surface area contributed by atoms with Crippen LogP contribution in [-0.2, 0) is 0 Å². The molecule has 0 aromatic heterocycles. The van der Waals surface area contributed by atoms with Gasteiger partial charge in [-0.1, -0.05) is 38.5 Å². The van der Waals surface area contributed by atoms with Gasteiger partial charge < -0.3 is 5.73 Å². The molecule has 0 aromatic carbocycles. The highest BCUT2D eigenvalue weighted by Gasteiger charge is 2.23. The Morgan fingerprint density at radius 1 is 1.07 bits per heavy atom. The lowest BCUT2D eigenvalue weighted by Crippen LogP contribution is -2.24. The minimum Gasteiger partial charge on any atom is -0.330 e. The predicted molar refractivity (Wildman–Crippen MR) is 54.4 cm³/mol. The van der Waals surface area contributed by atoms with Crippen LogP contribution in [0.3, 0.4) is 0 Å². The van der Waals surface area contributed by atoms with Gasteiger partial charge in [-0.25, -0.2) is 8.78 Å². The molecule has 0 heterocycles. The summed E-state index contributed by atoms with van der Waals surface area (Å²) in [5, 5.41) is 0. The Morgan fingerprint density at radius 3 is 2.07 bits per heavy atom. The molecule has 0 saturated heterocycles. The molecule has 0 spiro atoms. The molecular weight excluding hydrogens is 184 g/mol. The smallest absolute Gasteiger partial charge is 0.242 e. The van der Waals surface area contributed by atoms with Crippen LogP contribution in [0.5, 0.6) is 0 Å². The lowest BCUT2D eigenvalue weighted by atomic mass is 9.89. The first-order chi connectivity index (χ1) is 6.74. The van der Waals surface area contributed by atoms with Crippen molar-refractivity contribution in [2.45, 2.75) is 51.4 Å². The summed E-state index contributed by atoms with van der Waals surface area (Å²) in [5.74, 6) is -0.0712. The van der Waals surface area contributed by atoms with Crippen molar-refractivity contribution in [2.24, 2.45) is 17.6 Å². The SMILES string of the molecule is NCC(CC1CCCCCC1)C(F)F. The van der Waals surface area contributed by atoms with Crippen molar-refractivity contribution in [2.75, 3.05) is 6.54 Å². The maximum atomic E-state index is 12.5. The highest BCUT2D eigenvalue weighted by Crippen LogP contribution is 2.29. The predicted octanol–water partition coefficient (Wildman–Crippen LogP) is 3.19. The van der Waals surface area contributed by atoms with Crippen LogP contribution in [0.1, 0.15) is 44.9 Å². The van der Waals surface area contributed by atoms with Crippen molar-refractivity contribution in [3.63, 3.8) is 0 Å². The first-order valence-electron chi connectivity index (χ1n) is 5.72. The van der Waals surface area contributed by atoms with Gasteiger partial charge in [0.25, 0.3) is 0 Å². The largest absolute Gasteiger partial charge is 0.330 e. The molecule has 14 heavy (non-hydrogen) atoms. The van der Waals surface area contributed by atoms with Gasteiger partial charge in [0.05, 0.1) is 0 Å². The maximum Gasteiger partial charge on any atom is 0.242 e. The molecule has 0 aliphatic heterocycles. The second kappa shape index (κ2) is 6.33. The lowest BCUT2D eigenvalue weighted by Gasteiger charge is -2.20. The zero-order chi connectivity index (χ0) is 10.4. The summed E-state index contributed by atoms with van der Waals surface area (Å²) in [6.45, 7) is 0.133. The number of halogens is 2. The first-order valence-corrected chi connectivity index (χ1v) is 5.72. The molecule has 1 rings (SSSR count). The van der Waals surface area contributed by atoms with E-state index in [-0.39, 0.29) is 6.54 Å². The average Bonchev–Trinajstić information content (AvgIpc) is 2.41. The molecule has 84 valence electrons. The quantitative estimate of drug-likeness (QED) is 0.701. The van der Waals surface area contributed by atoms with Crippen molar-refractivity contribution >= 4 is 0 Å². The van der Waals surface area contributed by atoms with Gasteiger partial charge >= 0.3 is 0 Å². The summed E-state index contributed by atoms with van der Waals surface area (Å²) < 4.78 is 25.0. The molecule has 1 aliphatic rings. The Hall–Kier alpha value is -0.180. The monoisotopic (exact) mass is 205 g/mol. The molecule has 1 atom stereocenters. The van der Waals surface area contributed by atoms with E-state index in [0.29, 0.717) is 12.3 Å². The van der Waals surface area contributed by atoms with Gasteiger partial charge in [0.15, 0.2) is 0 Å². The van der Waals surface area contributed by atoms with Gasteiger partial charge in [-0.2, -0.15) is 0 Å². The number of nitrogens with two attached hydrogens (primary N) is 1. The standard InChI is InChI=1S/C11H21F2N/c12-11(13)10(8-14)7-9-5-3-1-2-4-6-9/h9-11H,1-8,14H2. The van der Waals surface area contributed by atoms with E-state index in [1.165, 1.54) is 25.7 Å². The van der Waals surface area contributed by atoms with E-state index in [1.54, 1.807) is 0 Å². The van der Waals surface area contributed by atoms with Crippen LogP contribution in [0.25, 0.3) is 0 Å². The van der Waals surface area contributed by atoms with Crippen LogP contribution in [0, 0.1) is 11.8 Å². The van der Waals surface area contributed by atoms with Gasteiger partial charge in [0, 0.05) is 12.5 Å². The molecule has 1 aliphatic carbocycles. The van der Waals surface area contributed by atoms with Crippen LogP contribution < -0.4 is 5.73 Å². The highest BCUT2D eigenvalue weighted by molar-refractivity contribution is 4.71. The van der Waals surface area contributed by atoms with Gasteiger partial charge in [0.2, 0.25) is 6.43 Å². The topological polar surface area (TPSA) is 26.0 Å². The summed E-state index contributed by atoms with van der Waals surface area (Å²) in [6.07, 6.45) is 5.64. The van der Waals surface area contributed by atoms with E-state index in [9.17, 15) is 8.78 Å². The first kappa shape index (κ1) is 11.9. The summed E-state index contributed by atoms with van der Waals surface area (Å²) in [7, 11) is 0. The van der Waals surface area contributed by atoms with Gasteiger partial charge in [-0.05, 0) is 12.3 Å². The van der Waals surface area contributed by atoms with E-state index in [0.717, 1.165) is 12.8 Å². The third-order valence-electron chi connectivity index (χ3n) is 3.27. The van der Waals surface area contributed by atoms with Crippen LogP contribution in [-0.4, -0.2) is 13.0 Å². The highest BCUT2D eigenvalue weighted by atomic mass is 19.3. The fourth-order valence-corrected chi connectivity index (χ4v) is 2.33. The minimum atomic E-state index is -2.23. The fourth-order valence-electron chi connectivity index (χ4n) is 2.33. The summed E-state index contributed by atoms with van der Waals surface area (Å²) in [5.41, 5.74) is 5.35. The fraction of sp³-hybridized carbons (Fsp3) is 1.00. The molecule has 0 bridgehead atoms. The van der Waals surface area contributed by atoms with Gasteiger partial charge in [-0.15, -0.1) is 0 Å². The Morgan fingerprint density at radius 2 is 1.64 bits per heavy atom. The third kappa shape index (κ3) is 3.91. The van der Waals surface area contributed by atoms with Gasteiger partial charge in [-0.3, -0.25) is 0 Å². The van der Waals surface area contributed by atoms with Crippen LogP contribution >= 0.6 is 0 Å². The Bertz CT molecular complexity index is 142. The number of alkyl halides is 2. The Labute approximate surface area is 85.1 Å². The van der Waals surface area contributed by atoms with Crippen molar-refractivity contribution in [1.29, 1.82) is 0 Å². The van der Waals surface area contributed by atoms with Gasteiger partial charge in [0.1, 0.15) is 0 Å². The summed E-state index contributed by atoms with van der Waals surface area (Å²) in [4.78, 5) is 0. The summed E-state index contributed by atoms with van der Waals surface area (Å²) >= 11 is 0. The molecule has 1 saturated carbocycles. The molecular formula is C11H21F2N. The summed E-state index contributed by atoms with van der Waals surface area (Å²) in [6, 6.07) is 0. The molecule has 1 fully saturated rings. The van der Waals surface area contributed by atoms with E-state index in [2.05, 4.69) is 0 Å². The van der Waals surface area contributed by atoms with Crippen molar-refractivity contribution in [1.82, 2.24) is 0 Å². The van der Waals surface area contributed by atoms with E-state index in [4.69, 9.17) is 5.73 Å². The van der Waals surface area contributed by atoms with Crippen molar-refractivity contribution < 1.29 is 8.78 Å². The molecule has 3 heteroatoms. The Kier molecular flexibility index (Phi) is 5.38.